The summed E-state index contributed by atoms with van der Waals surface area (Å²) in [6.45, 7) is 2.16. The second kappa shape index (κ2) is 5.28. The maximum absolute atomic E-state index is 10.0. The highest BCUT2D eigenvalue weighted by atomic mass is 32.1. The summed E-state index contributed by atoms with van der Waals surface area (Å²) in [5, 5.41) is 14.1. The van der Waals surface area contributed by atoms with Crippen molar-refractivity contribution in [1.29, 1.82) is 0 Å². The molecule has 2 heteroatoms. The molecule has 84 valence electrons. The molecule has 2 rings (SSSR count). The lowest BCUT2D eigenvalue weighted by molar-refractivity contribution is 0.160. The van der Waals surface area contributed by atoms with Gasteiger partial charge in [-0.05, 0) is 40.3 Å². The van der Waals surface area contributed by atoms with Gasteiger partial charge in [0.2, 0.25) is 0 Å². The molecule has 1 N–H and O–H groups in total. The van der Waals surface area contributed by atoms with E-state index >= 15 is 0 Å². The Balaban J connectivity index is 2.00. The third-order valence-corrected chi connectivity index (χ3v) is 3.57. The number of hydrogen-bond donors (Lipinski definition) is 1. The molecule has 2 atom stereocenters. The van der Waals surface area contributed by atoms with Gasteiger partial charge in [-0.2, -0.15) is 11.3 Å². The van der Waals surface area contributed by atoms with Crippen LogP contribution < -0.4 is 0 Å². The first-order valence-electron chi connectivity index (χ1n) is 5.52. The van der Waals surface area contributed by atoms with Gasteiger partial charge >= 0.3 is 0 Å². The Bertz CT molecular complexity index is 408. The van der Waals surface area contributed by atoms with E-state index in [1.165, 1.54) is 5.56 Å². The summed E-state index contributed by atoms with van der Waals surface area (Å²) in [5.74, 6) is 0.385. The highest BCUT2D eigenvalue weighted by molar-refractivity contribution is 7.07. The lowest BCUT2D eigenvalue weighted by Gasteiger charge is -2.16. The summed E-state index contributed by atoms with van der Waals surface area (Å²) < 4.78 is 0. The topological polar surface area (TPSA) is 20.2 Å². The number of rotatable bonds is 4. The smallest absolute Gasteiger partial charge is 0.0803 e. The average molecular weight is 232 g/mol. The van der Waals surface area contributed by atoms with E-state index in [-0.39, 0.29) is 6.10 Å². The molecule has 16 heavy (non-hydrogen) atoms. The van der Waals surface area contributed by atoms with E-state index in [0.717, 1.165) is 12.0 Å². The first-order chi connectivity index (χ1) is 7.77. The van der Waals surface area contributed by atoms with E-state index in [1.807, 2.05) is 35.0 Å². The molecule has 0 bridgehead atoms. The zero-order valence-electron chi connectivity index (χ0n) is 9.34. The minimum absolute atomic E-state index is 0.346. The van der Waals surface area contributed by atoms with Crippen molar-refractivity contribution in [2.24, 2.45) is 0 Å². The maximum atomic E-state index is 10.0. The van der Waals surface area contributed by atoms with Crippen LogP contribution in [0.5, 0.6) is 0 Å². The van der Waals surface area contributed by atoms with Gasteiger partial charge in [-0.3, -0.25) is 0 Å². The van der Waals surface area contributed by atoms with Crippen molar-refractivity contribution >= 4 is 11.3 Å². The molecule has 0 aliphatic heterocycles. The minimum atomic E-state index is -0.346. The van der Waals surface area contributed by atoms with Crippen molar-refractivity contribution in [3.05, 3.63) is 58.3 Å². The summed E-state index contributed by atoms with van der Waals surface area (Å²) in [4.78, 5) is 0. The fourth-order valence-corrected chi connectivity index (χ4v) is 2.56. The molecule has 1 heterocycles. The molecular formula is C14H16OS. The van der Waals surface area contributed by atoms with Crippen LogP contribution in [0.1, 0.15) is 36.5 Å². The fraction of sp³-hybridized carbons (Fsp3) is 0.286. The Morgan fingerprint density at radius 2 is 1.88 bits per heavy atom. The van der Waals surface area contributed by atoms with E-state index in [0.29, 0.717) is 5.92 Å². The molecule has 0 spiro atoms. The molecule has 1 aromatic heterocycles. The van der Waals surface area contributed by atoms with Crippen molar-refractivity contribution in [1.82, 2.24) is 0 Å². The Hall–Kier alpha value is -1.12. The van der Waals surface area contributed by atoms with E-state index in [9.17, 15) is 5.11 Å². The molecule has 1 nitrogen and oxygen atoms in total. The highest BCUT2D eigenvalue weighted by Gasteiger charge is 2.13. The molecule has 0 aliphatic carbocycles. The fourth-order valence-electron chi connectivity index (χ4n) is 1.85. The van der Waals surface area contributed by atoms with Crippen molar-refractivity contribution in [3.63, 3.8) is 0 Å². The number of aliphatic hydroxyl groups is 1. The molecule has 0 aliphatic rings. The van der Waals surface area contributed by atoms with Crippen LogP contribution in [0.3, 0.4) is 0 Å². The molecular weight excluding hydrogens is 216 g/mol. The number of hydrogen-bond acceptors (Lipinski definition) is 2. The Morgan fingerprint density at radius 1 is 1.12 bits per heavy atom. The van der Waals surface area contributed by atoms with Gasteiger partial charge in [0.05, 0.1) is 6.10 Å². The van der Waals surface area contributed by atoms with Gasteiger partial charge in [0, 0.05) is 0 Å². The minimum Gasteiger partial charge on any atom is -0.388 e. The Kier molecular flexibility index (Phi) is 3.75. The van der Waals surface area contributed by atoms with Crippen LogP contribution in [0, 0.1) is 0 Å². The van der Waals surface area contributed by atoms with Crippen molar-refractivity contribution in [2.45, 2.75) is 25.4 Å². The van der Waals surface area contributed by atoms with Gasteiger partial charge in [0.25, 0.3) is 0 Å². The zero-order valence-corrected chi connectivity index (χ0v) is 10.2. The van der Waals surface area contributed by atoms with Gasteiger partial charge in [0.15, 0.2) is 0 Å². The monoisotopic (exact) mass is 232 g/mol. The van der Waals surface area contributed by atoms with E-state index in [1.54, 1.807) is 11.3 Å². The van der Waals surface area contributed by atoms with Crippen LogP contribution in [0.2, 0.25) is 0 Å². The predicted molar refractivity (Wildman–Crippen MR) is 68.8 cm³/mol. The SMILES string of the molecule is CC(CC(O)c1ccsc1)c1ccccc1. The third-order valence-electron chi connectivity index (χ3n) is 2.87. The van der Waals surface area contributed by atoms with Gasteiger partial charge in [0.1, 0.15) is 0 Å². The lowest BCUT2D eigenvalue weighted by atomic mass is 9.93. The van der Waals surface area contributed by atoms with Gasteiger partial charge < -0.3 is 5.11 Å². The van der Waals surface area contributed by atoms with Crippen LogP contribution >= 0.6 is 11.3 Å². The van der Waals surface area contributed by atoms with Gasteiger partial charge in [-0.25, -0.2) is 0 Å². The van der Waals surface area contributed by atoms with E-state index in [2.05, 4.69) is 19.1 Å². The molecule has 0 fully saturated rings. The van der Waals surface area contributed by atoms with E-state index in [4.69, 9.17) is 0 Å². The molecule has 0 saturated carbocycles. The summed E-state index contributed by atoms with van der Waals surface area (Å²) >= 11 is 1.63. The molecule has 0 radical (unpaired) electrons. The van der Waals surface area contributed by atoms with Crippen molar-refractivity contribution < 1.29 is 5.11 Å². The molecule has 0 saturated heterocycles. The van der Waals surface area contributed by atoms with Crippen LogP contribution in [0.4, 0.5) is 0 Å². The molecule has 0 amide bonds. The summed E-state index contributed by atoms with van der Waals surface area (Å²) in [6.07, 6.45) is 0.433. The Morgan fingerprint density at radius 3 is 2.50 bits per heavy atom. The average Bonchev–Trinajstić information content (AvgIpc) is 2.83. The first kappa shape index (κ1) is 11.4. The molecule has 2 aromatic rings. The lowest BCUT2D eigenvalue weighted by Crippen LogP contribution is -2.02. The standard InChI is InChI=1S/C14H16OS/c1-11(12-5-3-2-4-6-12)9-14(15)13-7-8-16-10-13/h2-8,10-11,14-15H,9H2,1H3. The first-order valence-corrected chi connectivity index (χ1v) is 6.46. The summed E-state index contributed by atoms with van der Waals surface area (Å²) in [7, 11) is 0. The van der Waals surface area contributed by atoms with Crippen molar-refractivity contribution in [3.8, 4) is 0 Å². The zero-order chi connectivity index (χ0) is 11.4. The molecule has 1 aromatic carbocycles. The van der Waals surface area contributed by atoms with Crippen LogP contribution in [0.15, 0.2) is 47.2 Å². The number of aliphatic hydroxyl groups excluding tert-OH is 1. The summed E-state index contributed by atoms with van der Waals surface area (Å²) in [6, 6.07) is 12.3. The normalized spacial score (nSPS) is 14.6. The number of thiophene rings is 1. The summed E-state index contributed by atoms with van der Waals surface area (Å²) in [5.41, 5.74) is 2.32. The third kappa shape index (κ3) is 2.71. The largest absolute Gasteiger partial charge is 0.388 e. The predicted octanol–water partition coefficient (Wildman–Crippen LogP) is 3.98. The second-order valence-electron chi connectivity index (χ2n) is 4.12. The highest BCUT2D eigenvalue weighted by Crippen LogP contribution is 2.28. The Labute approximate surface area is 100 Å². The second-order valence-corrected chi connectivity index (χ2v) is 4.90. The van der Waals surface area contributed by atoms with Crippen LogP contribution in [-0.4, -0.2) is 5.11 Å². The maximum Gasteiger partial charge on any atom is 0.0803 e. The van der Waals surface area contributed by atoms with Crippen molar-refractivity contribution in [2.75, 3.05) is 0 Å². The quantitative estimate of drug-likeness (QED) is 0.845. The van der Waals surface area contributed by atoms with E-state index < -0.39 is 0 Å². The van der Waals surface area contributed by atoms with Crippen LogP contribution in [0.25, 0.3) is 0 Å². The molecule has 2 unspecified atom stereocenters. The van der Waals surface area contributed by atoms with Gasteiger partial charge in [-0.1, -0.05) is 37.3 Å². The van der Waals surface area contributed by atoms with Gasteiger partial charge in [-0.15, -0.1) is 0 Å². The van der Waals surface area contributed by atoms with Crippen LogP contribution in [-0.2, 0) is 0 Å². The number of benzene rings is 1.